The number of benzene rings is 2. The van der Waals surface area contributed by atoms with Crippen LogP contribution in [-0.2, 0) is 6.54 Å². The lowest BCUT2D eigenvalue weighted by molar-refractivity contribution is -0.142. The van der Waals surface area contributed by atoms with Gasteiger partial charge in [0, 0.05) is 53.2 Å². The van der Waals surface area contributed by atoms with Gasteiger partial charge in [0.25, 0.3) is 0 Å². The fourth-order valence-electron chi connectivity index (χ4n) is 5.94. The Labute approximate surface area is 285 Å². The summed E-state index contributed by atoms with van der Waals surface area (Å²) in [5.74, 6) is 0.127. The maximum absolute atomic E-state index is 12.9. The average molecular weight is 698 g/mol. The van der Waals surface area contributed by atoms with E-state index in [1.54, 1.807) is 24.3 Å². The molecule has 0 bridgehead atoms. The molecule has 4 heterocycles. The molecule has 2 N–H and O–H groups in total. The molecule has 15 heteroatoms. The number of nitriles is 1. The van der Waals surface area contributed by atoms with Crippen molar-refractivity contribution in [3.05, 3.63) is 87.9 Å². The van der Waals surface area contributed by atoms with Crippen molar-refractivity contribution in [2.75, 3.05) is 23.7 Å². The van der Waals surface area contributed by atoms with Crippen molar-refractivity contribution in [1.82, 2.24) is 34.7 Å². The lowest BCUT2D eigenvalue weighted by Gasteiger charge is -2.40. The van der Waals surface area contributed by atoms with E-state index in [9.17, 15) is 18.4 Å². The molecule has 48 heavy (non-hydrogen) atoms. The second-order valence-corrected chi connectivity index (χ2v) is 13.6. The fraction of sp³-hybridized carbons (Fsp3) is 0.364. The first-order valence-corrected chi connectivity index (χ1v) is 16.1. The second kappa shape index (κ2) is 13.3. The summed E-state index contributed by atoms with van der Waals surface area (Å²) in [6, 6.07) is 14.2. The summed E-state index contributed by atoms with van der Waals surface area (Å²) >= 11 is 13.0. The molecule has 6 rings (SSSR count). The van der Waals surface area contributed by atoms with E-state index in [0.29, 0.717) is 38.0 Å². The minimum absolute atomic E-state index is 0.108. The van der Waals surface area contributed by atoms with Crippen LogP contribution >= 0.6 is 23.2 Å². The first-order valence-electron chi connectivity index (χ1n) is 15.4. The molecule has 0 spiro atoms. The van der Waals surface area contributed by atoms with Crippen molar-refractivity contribution >= 4 is 51.3 Å². The number of nitrogens with zero attached hydrogens (tertiary/aromatic N) is 8. The van der Waals surface area contributed by atoms with Gasteiger partial charge in [-0.2, -0.15) is 23.5 Å². The summed E-state index contributed by atoms with van der Waals surface area (Å²) in [6.07, 6.45) is 2.01. The number of anilines is 3. The zero-order chi connectivity index (χ0) is 34.2. The van der Waals surface area contributed by atoms with Gasteiger partial charge in [-0.3, -0.25) is 14.6 Å². The predicted octanol–water partition coefficient (Wildman–Crippen LogP) is 8.14. The highest BCUT2D eigenvalue weighted by molar-refractivity contribution is 6.36. The molecule has 0 amide bonds. The van der Waals surface area contributed by atoms with Crippen LogP contribution in [0.15, 0.2) is 61.1 Å². The highest BCUT2D eigenvalue weighted by atomic mass is 35.5. The zero-order valence-corrected chi connectivity index (χ0v) is 27.9. The molecule has 0 saturated carbocycles. The molecular weight excluding hydrogens is 664 g/mol. The SMILES string of the molecule is CC(C)(C)N1CCC(n2cc([C@@H](Nc3cc(Cl)c4ncc(C#N)c(Nc5ccn(CC(F)(F)F)n5)c4c3)c3ccc(Cl)cc3)nn2)CC1. The van der Waals surface area contributed by atoms with Gasteiger partial charge >= 0.3 is 6.18 Å². The molecule has 0 aliphatic carbocycles. The van der Waals surface area contributed by atoms with Crippen molar-refractivity contribution in [3.8, 4) is 6.07 Å². The van der Waals surface area contributed by atoms with Crippen molar-refractivity contribution in [2.24, 2.45) is 0 Å². The first-order chi connectivity index (χ1) is 22.8. The normalized spacial score (nSPS) is 15.4. The van der Waals surface area contributed by atoms with Crippen LogP contribution in [0.1, 0.15) is 62.5 Å². The lowest BCUT2D eigenvalue weighted by atomic mass is 9.98. The molecule has 2 aromatic carbocycles. The van der Waals surface area contributed by atoms with Gasteiger partial charge in [-0.15, -0.1) is 5.10 Å². The molecule has 3 aromatic heterocycles. The zero-order valence-electron chi connectivity index (χ0n) is 26.4. The maximum atomic E-state index is 12.9. The van der Waals surface area contributed by atoms with Crippen molar-refractivity contribution in [2.45, 2.75) is 64.0 Å². The summed E-state index contributed by atoms with van der Waals surface area (Å²) in [6.45, 7) is 7.37. The van der Waals surface area contributed by atoms with Gasteiger partial charge in [0.05, 0.1) is 40.1 Å². The van der Waals surface area contributed by atoms with Crippen LogP contribution < -0.4 is 10.6 Å². The summed E-state index contributed by atoms with van der Waals surface area (Å²) in [5.41, 5.74) is 3.12. The average Bonchev–Trinajstić information content (AvgIpc) is 3.69. The number of alkyl halides is 3. The third-order valence-electron chi connectivity index (χ3n) is 8.41. The van der Waals surface area contributed by atoms with Crippen LogP contribution in [-0.4, -0.2) is 59.5 Å². The summed E-state index contributed by atoms with van der Waals surface area (Å²) < 4.78 is 41.5. The van der Waals surface area contributed by atoms with E-state index in [-0.39, 0.29) is 23.0 Å². The van der Waals surface area contributed by atoms with Crippen molar-refractivity contribution < 1.29 is 13.2 Å². The molecule has 5 aromatic rings. The molecule has 0 unspecified atom stereocenters. The molecular formula is C33H33Cl2F3N10. The highest BCUT2D eigenvalue weighted by Crippen LogP contribution is 2.37. The standard InChI is InChI=1S/C33H33Cl2F3N10/c1-32(2,3)46-11-8-24(9-12-46)48-18-27(43-45-48)30(20-4-6-22(34)7-5-20)41-23-14-25-29(21(16-39)17-40-31(25)26(35)15-23)42-28-10-13-47(44-28)19-33(36,37)38/h4-7,10,13-15,17-18,24,30,41H,8-9,11-12,19H2,1-3H3,(H,40,42,44)/t30-/m0/s1. The van der Waals surface area contributed by atoms with Gasteiger partial charge in [0.1, 0.15) is 18.3 Å². The number of rotatable bonds is 8. The number of likely N-dealkylation sites (tertiary alicyclic amines) is 1. The Kier molecular flexibility index (Phi) is 9.26. The molecule has 250 valence electrons. The Morgan fingerprint density at radius 3 is 2.46 bits per heavy atom. The number of hydrogen-bond acceptors (Lipinski definition) is 8. The van der Waals surface area contributed by atoms with E-state index in [1.165, 1.54) is 18.5 Å². The van der Waals surface area contributed by atoms with Crippen molar-refractivity contribution in [1.29, 1.82) is 5.26 Å². The van der Waals surface area contributed by atoms with Crippen molar-refractivity contribution in [3.63, 3.8) is 0 Å². The van der Waals surface area contributed by atoms with Crippen LogP contribution in [0.5, 0.6) is 0 Å². The number of fused-ring (bicyclic) bond motifs is 1. The van der Waals surface area contributed by atoms with Gasteiger partial charge < -0.3 is 10.6 Å². The maximum Gasteiger partial charge on any atom is 0.408 e. The number of piperidine rings is 1. The molecule has 1 fully saturated rings. The smallest absolute Gasteiger partial charge is 0.373 e. The summed E-state index contributed by atoms with van der Waals surface area (Å²) in [4.78, 5) is 6.87. The minimum atomic E-state index is -4.44. The number of halogens is 5. The topological polar surface area (TPSA) is 113 Å². The molecule has 1 atom stereocenters. The number of pyridine rings is 1. The Morgan fingerprint density at radius 1 is 1.06 bits per heavy atom. The summed E-state index contributed by atoms with van der Waals surface area (Å²) in [7, 11) is 0. The van der Waals surface area contributed by atoms with E-state index >= 15 is 0 Å². The van der Waals surface area contributed by atoms with Gasteiger partial charge in [-0.1, -0.05) is 40.5 Å². The molecule has 1 saturated heterocycles. The van der Waals surface area contributed by atoms with Gasteiger partial charge in [-0.05, 0) is 63.4 Å². The van der Waals surface area contributed by atoms with Crippen LogP contribution in [0.4, 0.5) is 30.4 Å². The predicted molar refractivity (Wildman–Crippen MR) is 180 cm³/mol. The van der Waals surface area contributed by atoms with Crippen LogP contribution in [0, 0.1) is 11.3 Å². The van der Waals surface area contributed by atoms with E-state index < -0.39 is 18.8 Å². The lowest BCUT2D eigenvalue weighted by Crippen LogP contribution is -2.46. The van der Waals surface area contributed by atoms with Crippen LogP contribution in [0.2, 0.25) is 10.0 Å². The molecule has 1 aliphatic rings. The quantitative estimate of drug-likeness (QED) is 0.167. The van der Waals surface area contributed by atoms with E-state index in [1.807, 2.05) is 23.0 Å². The largest absolute Gasteiger partial charge is 0.408 e. The number of hydrogen-bond donors (Lipinski definition) is 2. The first kappa shape index (κ1) is 33.5. The van der Waals surface area contributed by atoms with Crippen LogP contribution in [0.25, 0.3) is 10.9 Å². The van der Waals surface area contributed by atoms with Gasteiger partial charge in [0.15, 0.2) is 5.82 Å². The highest BCUT2D eigenvalue weighted by Gasteiger charge is 2.30. The van der Waals surface area contributed by atoms with E-state index in [0.717, 1.165) is 36.2 Å². The Bertz CT molecular complexity index is 1950. The second-order valence-electron chi connectivity index (χ2n) is 12.8. The Morgan fingerprint density at radius 2 is 1.79 bits per heavy atom. The summed E-state index contributed by atoms with van der Waals surface area (Å²) in [5, 5.41) is 30.9. The van der Waals surface area contributed by atoms with E-state index in [2.05, 4.69) is 62.8 Å². The monoisotopic (exact) mass is 696 g/mol. The number of aromatic nitrogens is 6. The third-order valence-corrected chi connectivity index (χ3v) is 8.95. The van der Waals surface area contributed by atoms with Gasteiger partial charge in [0.2, 0.25) is 0 Å². The minimum Gasteiger partial charge on any atom is -0.373 e. The Balaban J connectivity index is 1.33. The van der Waals surface area contributed by atoms with E-state index in [4.69, 9.17) is 23.2 Å². The van der Waals surface area contributed by atoms with Crippen LogP contribution in [0.3, 0.4) is 0 Å². The molecule has 0 radical (unpaired) electrons. The molecule has 1 aliphatic heterocycles. The third kappa shape index (κ3) is 7.51. The fourth-order valence-corrected chi connectivity index (χ4v) is 6.34. The van der Waals surface area contributed by atoms with Gasteiger partial charge in [-0.25, -0.2) is 4.68 Å². The molecule has 10 nitrogen and oxygen atoms in total. The Hall–Kier alpha value is -4.38. The number of nitrogens with one attached hydrogen (secondary N) is 2.